The molecule has 1 unspecified atom stereocenters. The van der Waals surface area contributed by atoms with E-state index < -0.39 is 5.60 Å². The summed E-state index contributed by atoms with van der Waals surface area (Å²) in [6, 6.07) is 4.26. The van der Waals surface area contributed by atoms with E-state index in [1.807, 2.05) is 37.9 Å². The van der Waals surface area contributed by atoms with Gasteiger partial charge < -0.3 is 14.5 Å². The minimum atomic E-state index is -0.439. The van der Waals surface area contributed by atoms with Crippen molar-refractivity contribution in [1.82, 2.24) is 14.8 Å². The van der Waals surface area contributed by atoms with Gasteiger partial charge in [0.15, 0.2) is 0 Å². The Morgan fingerprint density at radius 3 is 2.91 bits per heavy atom. The molecule has 5 heteroatoms. The predicted molar refractivity (Wildman–Crippen MR) is 86.5 cm³/mol. The summed E-state index contributed by atoms with van der Waals surface area (Å²) in [4.78, 5) is 20.5. The molecule has 0 bridgehead atoms. The normalized spacial score (nSPS) is 18.8. The number of carbonyl (C=O) groups excluding carboxylic acids is 1. The second-order valence-electron chi connectivity index (χ2n) is 7.03. The number of likely N-dealkylation sites (tertiary alicyclic amines) is 1. The molecule has 122 valence electrons. The summed E-state index contributed by atoms with van der Waals surface area (Å²) in [6.45, 7) is 8.21. The minimum absolute atomic E-state index is 0.190. The SMILES string of the molecule is CN(Cc1cccnc1)CC1CCCN1C(=O)OC(C)(C)C. The number of aromatic nitrogens is 1. The number of amides is 1. The van der Waals surface area contributed by atoms with Crippen LogP contribution >= 0.6 is 0 Å². The van der Waals surface area contributed by atoms with Gasteiger partial charge in [-0.15, -0.1) is 0 Å². The van der Waals surface area contributed by atoms with Crippen molar-refractivity contribution in [3.8, 4) is 0 Å². The zero-order valence-electron chi connectivity index (χ0n) is 14.1. The van der Waals surface area contributed by atoms with E-state index >= 15 is 0 Å². The number of pyridine rings is 1. The topological polar surface area (TPSA) is 45.7 Å². The molecule has 0 aliphatic carbocycles. The first kappa shape index (κ1) is 16.7. The van der Waals surface area contributed by atoms with Crippen molar-refractivity contribution in [3.05, 3.63) is 30.1 Å². The molecule has 0 radical (unpaired) electrons. The lowest BCUT2D eigenvalue weighted by Crippen LogP contribution is -2.44. The fraction of sp³-hybridized carbons (Fsp3) is 0.647. The van der Waals surface area contributed by atoms with Crippen LogP contribution in [0, 0.1) is 0 Å². The number of hydrogen-bond donors (Lipinski definition) is 0. The van der Waals surface area contributed by atoms with Crippen molar-refractivity contribution < 1.29 is 9.53 Å². The first-order chi connectivity index (χ1) is 10.3. The number of nitrogens with zero attached hydrogens (tertiary/aromatic N) is 3. The smallest absolute Gasteiger partial charge is 0.410 e. The van der Waals surface area contributed by atoms with Crippen molar-refractivity contribution >= 4 is 6.09 Å². The first-order valence-electron chi connectivity index (χ1n) is 7.92. The van der Waals surface area contributed by atoms with Gasteiger partial charge in [-0.3, -0.25) is 4.98 Å². The Hall–Kier alpha value is -1.62. The molecule has 1 aliphatic rings. The van der Waals surface area contributed by atoms with Gasteiger partial charge in [0.2, 0.25) is 0 Å². The van der Waals surface area contributed by atoms with Crippen LogP contribution in [0.25, 0.3) is 0 Å². The molecule has 1 amide bonds. The van der Waals surface area contributed by atoms with Crippen LogP contribution in [0.3, 0.4) is 0 Å². The van der Waals surface area contributed by atoms with Gasteiger partial charge in [0, 0.05) is 38.1 Å². The maximum Gasteiger partial charge on any atom is 0.410 e. The molecule has 0 aromatic carbocycles. The summed E-state index contributed by atoms with van der Waals surface area (Å²) in [6.07, 6.45) is 5.56. The van der Waals surface area contributed by atoms with Gasteiger partial charge in [-0.2, -0.15) is 0 Å². The van der Waals surface area contributed by atoms with Gasteiger partial charge in [0.1, 0.15) is 5.60 Å². The molecule has 1 saturated heterocycles. The van der Waals surface area contributed by atoms with Gasteiger partial charge in [-0.05, 0) is 52.3 Å². The lowest BCUT2D eigenvalue weighted by atomic mass is 10.2. The summed E-state index contributed by atoms with van der Waals surface area (Å²) < 4.78 is 5.51. The summed E-state index contributed by atoms with van der Waals surface area (Å²) in [5.41, 5.74) is 0.748. The van der Waals surface area contributed by atoms with Crippen molar-refractivity contribution in [2.24, 2.45) is 0 Å². The molecule has 1 atom stereocenters. The van der Waals surface area contributed by atoms with Crippen LogP contribution in [0.2, 0.25) is 0 Å². The molecule has 5 nitrogen and oxygen atoms in total. The summed E-state index contributed by atoms with van der Waals surface area (Å²) >= 11 is 0. The molecule has 0 saturated carbocycles. The average molecular weight is 305 g/mol. The van der Waals surface area contributed by atoms with Gasteiger partial charge in [0.25, 0.3) is 0 Å². The molecule has 1 aliphatic heterocycles. The maximum atomic E-state index is 12.3. The Kier molecular flexibility index (Phi) is 5.40. The van der Waals surface area contributed by atoms with Crippen LogP contribution in [-0.2, 0) is 11.3 Å². The monoisotopic (exact) mass is 305 g/mol. The van der Waals surface area contributed by atoms with Gasteiger partial charge >= 0.3 is 6.09 Å². The second-order valence-corrected chi connectivity index (χ2v) is 7.03. The van der Waals surface area contributed by atoms with Gasteiger partial charge in [-0.25, -0.2) is 4.79 Å². The number of likely N-dealkylation sites (N-methyl/N-ethyl adjacent to an activating group) is 1. The molecule has 1 fully saturated rings. The fourth-order valence-corrected chi connectivity index (χ4v) is 2.81. The Bertz CT molecular complexity index is 484. The van der Waals surface area contributed by atoms with Crippen LogP contribution < -0.4 is 0 Å². The molecule has 22 heavy (non-hydrogen) atoms. The molecular weight excluding hydrogens is 278 g/mol. The summed E-state index contributed by atoms with van der Waals surface area (Å²) in [5.74, 6) is 0. The summed E-state index contributed by atoms with van der Waals surface area (Å²) in [7, 11) is 2.08. The highest BCUT2D eigenvalue weighted by Crippen LogP contribution is 2.21. The molecule has 2 rings (SSSR count). The Balaban J connectivity index is 1.89. The average Bonchev–Trinajstić information content (AvgIpc) is 2.86. The Labute approximate surface area is 133 Å². The third kappa shape index (κ3) is 4.98. The number of carbonyl (C=O) groups is 1. The number of ether oxygens (including phenoxy) is 1. The van der Waals surface area contributed by atoms with Crippen LogP contribution in [0.4, 0.5) is 4.79 Å². The van der Waals surface area contributed by atoms with Crippen molar-refractivity contribution in [2.45, 2.75) is 51.8 Å². The molecular formula is C17H27N3O2. The van der Waals surface area contributed by atoms with E-state index in [-0.39, 0.29) is 12.1 Å². The van der Waals surface area contributed by atoms with Gasteiger partial charge in [-0.1, -0.05) is 6.07 Å². The highest BCUT2D eigenvalue weighted by atomic mass is 16.6. The Morgan fingerprint density at radius 2 is 2.27 bits per heavy atom. The van der Waals surface area contributed by atoms with Crippen molar-refractivity contribution in [3.63, 3.8) is 0 Å². The Morgan fingerprint density at radius 1 is 1.50 bits per heavy atom. The van der Waals surface area contributed by atoms with E-state index in [2.05, 4.69) is 23.0 Å². The van der Waals surface area contributed by atoms with Crippen molar-refractivity contribution in [2.75, 3.05) is 20.1 Å². The standard InChI is InChI=1S/C17H27N3O2/c1-17(2,3)22-16(21)20-10-6-8-15(20)13-19(4)12-14-7-5-9-18-11-14/h5,7,9,11,15H,6,8,10,12-13H2,1-4H3. The molecule has 0 spiro atoms. The quantitative estimate of drug-likeness (QED) is 0.858. The zero-order valence-corrected chi connectivity index (χ0v) is 14.1. The lowest BCUT2D eigenvalue weighted by Gasteiger charge is -2.30. The molecule has 1 aromatic rings. The van der Waals surface area contributed by atoms with Crippen LogP contribution in [0.1, 0.15) is 39.2 Å². The second kappa shape index (κ2) is 7.09. The summed E-state index contributed by atoms with van der Waals surface area (Å²) in [5, 5.41) is 0. The van der Waals surface area contributed by atoms with Crippen LogP contribution in [0.15, 0.2) is 24.5 Å². The third-order valence-electron chi connectivity index (χ3n) is 3.70. The van der Waals surface area contributed by atoms with E-state index in [0.717, 1.165) is 32.5 Å². The van der Waals surface area contributed by atoms with Gasteiger partial charge in [0.05, 0.1) is 0 Å². The van der Waals surface area contributed by atoms with E-state index in [1.54, 1.807) is 6.20 Å². The van der Waals surface area contributed by atoms with E-state index in [1.165, 1.54) is 5.56 Å². The molecule has 2 heterocycles. The largest absolute Gasteiger partial charge is 0.444 e. The number of rotatable bonds is 4. The van der Waals surface area contributed by atoms with E-state index in [0.29, 0.717) is 0 Å². The third-order valence-corrected chi connectivity index (χ3v) is 3.70. The van der Waals surface area contributed by atoms with Crippen LogP contribution in [-0.4, -0.2) is 52.7 Å². The van der Waals surface area contributed by atoms with Crippen molar-refractivity contribution in [1.29, 1.82) is 0 Å². The number of hydrogen-bond acceptors (Lipinski definition) is 4. The molecule has 1 aromatic heterocycles. The fourth-order valence-electron chi connectivity index (χ4n) is 2.81. The maximum absolute atomic E-state index is 12.3. The zero-order chi connectivity index (χ0) is 16.2. The lowest BCUT2D eigenvalue weighted by molar-refractivity contribution is 0.0201. The van der Waals surface area contributed by atoms with E-state index in [9.17, 15) is 4.79 Å². The van der Waals surface area contributed by atoms with E-state index in [4.69, 9.17) is 4.74 Å². The van der Waals surface area contributed by atoms with Crippen LogP contribution in [0.5, 0.6) is 0 Å². The highest BCUT2D eigenvalue weighted by Gasteiger charge is 2.32. The minimum Gasteiger partial charge on any atom is -0.444 e. The first-order valence-corrected chi connectivity index (χ1v) is 7.92. The molecule has 0 N–H and O–H groups in total. The predicted octanol–water partition coefficient (Wildman–Crippen LogP) is 2.91. The highest BCUT2D eigenvalue weighted by molar-refractivity contribution is 5.69.